The number of aromatic nitrogens is 2. The van der Waals surface area contributed by atoms with E-state index in [0.29, 0.717) is 0 Å². The van der Waals surface area contributed by atoms with E-state index in [1.54, 1.807) is 11.8 Å². The fourth-order valence-electron chi connectivity index (χ4n) is 1.61. The summed E-state index contributed by atoms with van der Waals surface area (Å²) in [5.74, 6) is 1.45. The van der Waals surface area contributed by atoms with Crippen molar-refractivity contribution in [3.63, 3.8) is 0 Å². The number of carbonyl (C=O) groups is 1. The molecule has 0 saturated carbocycles. The van der Waals surface area contributed by atoms with Gasteiger partial charge in [-0.3, -0.25) is 4.79 Å². The highest BCUT2D eigenvalue weighted by atomic mass is 32.2. The monoisotopic (exact) mass is 288 g/mol. The highest BCUT2D eigenvalue weighted by Crippen LogP contribution is 2.22. The maximum atomic E-state index is 11.4. The predicted octanol–water partition coefficient (Wildman–Crippen LogP) is 1.57. The molecular formula is C11H20N4OS2. The first kappa shape index (κ1) is 15.4. The van der Waals surface area contributed by atoms with Crippen molar-refractivity contribution >= 4 is 29.2 Å². The van der Waals surface area contributed by atoms with Crippen molar-refractivity contribution in [3.05, 3.63) is 5.82 Å². The fraction of sp³-hybridized carbons (Fsp3) is 0.727. The van der Waals surface area contributed by atoms with Crippen molar-refractivity contribution < 1.29 is 4.79 Å². The lowest BCUT2D eigenvalue weighted by molar-refractivity contribution is -0.124. The Morgan fingerprint density at radius 3 is 2.83 bits per heavy atom. The second-order valence-corrected chi connectivity index (χ2v) is 6.38. The molecule has 5 nitrogen and oxygen atoms in total. The molecule has 1 atom stereocenters. The number of rotatable bonds is 8. The van der Waals surface area contributed by atoms with Crippen molar-refractivity contribution in [1.29, 1.82) is 0 Å². The van der Waals surface area contributed by atoms with Crippen molar-refractivity contribution in [2.45, 2.75) is 43.5 Å². The zero-order valence-corrected chi connectivity index (χ0v) is 12.7. The molecule has 7 heteroatoms. The number of amides is 1. The van der Waals surface area contributed by atoms with Gasteiger partial charge in [0.1, 0.15) is 5.82 Å². The molecule has 0 radical (unpaired) electrons. The summed E-state index contributed by atoms with van der Waals surface area (Å²) in [6.07, 6.45) is 1.65. The minimum atomic E-state index is -0.605. The highest BCUT2D eigenvalue weighted by Gasteiger charge is 2.28. The van der Waals surface area contributed by atoms with Gasteiger partial charge in [0.15, 0.2) is 4.34 Å². The number of nitrogens with zero attached hydrogens (tertiary/aromatic N) is 2. The molecule has 0 bridgehead atoms. The molecule has 3 N–H and O–H groups in total. The van der Waals surface area contributed by atoms with Gasteiger partial charge in [0.25, 0.3) is 0 Å². The number of hydrogen-bond acceptors (Lipinski definition) is 6. The Morgan fingerprint density at radius 2 is 2.33 bits per heavy atom. The molecule has 1 rings (SSSR count). The van der Waals surface area contributed by atoms with E-state index >= 15 is 0 Å². The van der Waals surface area contributed by atoms with Crippen molar-refractivity contribution in [2.24, 2.45) is 5.73 Å². The van der Waals surface area contributed by atoms with Crippen LogP contribution in [0, 0.1) is 6.92 Å². The van der Waals surface area contributed by atoms with E-state index in [1.807, 2.05) is 20.8 Å². The van der Waals surface area contributed by atoms with Gasteiger partial charge in [-0.05, 0) is 44.8 Å². The van der Waals surface area contributed by atoms with E-state index < -0.39 is 5.54 Å². The second-order valence-electron chi connectivity index (χ2n) is 4.29. The number of nitrogens with one attached hydrogen (secondary N) is 1. The third kappa shape index (κ3) is 4.55. The molecule has 18 heavy (non-hydrogen) atoms. The SMILES string of the molecule is CCNC(C)(CCCSc1nc(C)ns1)C(N)=O. The summed E-state index contributed by atoms with van der Waals surface area (Å²) in [6.45, 7) is 6.45. The van der Waals surface area contributed by atoms with Gasteiger partial charge < -0.3 is 11.1 Å². The van der Waals surface area contributed by atoms with E-state index in [0.717, 1.165) is 35.3 Å². The summed E-state index contributed by atoms with van der Waals surface area (Å²) >= 11 is 3.10. The second kappa shape index (κ2) is 7.06. The van der Waals surface area contributed by atoms with E-state index in [4.69, 9.17) is 5.73 Å². The number of thioether (sulfide) groups is 1. The number of primary amides is 1. The molecule has 0 aromatic carbocycles. The lowest BCUT2D eigenvalue weighted by Crippen LogP contribution is -2.53. The average molecular weight is 288 g/mol. The van der Waals surface area contributed by atoms with Crippen LogP contribution < -0.4 is 11.1 Å². The Balaban J connectivity index is 2.33. The molecule has 1 aromatic rings. The van der Waals surface area contributed by atoms with Crippen LogP contribution in [0.25, 0.3) is 0 Å². The number of likely N-dealkylation sites (N-methyl/N-ethyl adjacent to an activating group) is 1. The van der Waals surface area contributed by atoms with Crippen LogP contribution in [0.1, 0.15) is 32.5 Å². The minimum absolute atomic E-state index is 0.291. The minimum Gasteiger partial charge on any atom is -0.368 e. The number of hydrogen-bond donors (Lipinski definition) is 2. The molecule has 1 heterocycles. The zero-order valence-electron chi connectivity index (χ0n) is 11.0. The van der Waals surface area contributed by atoms with Gasteiger partial charge in [0.05, 0.1) is 5.54 Å². The molecule has 0 aliphatic rings. The first-order valence-electron chi connectivity index (χ1n) is 5.96. The molecule has 0 fully saturated rings. The highest BCUT2D eigenvalue weighted by molar-refractivity contribution is 8.00. The number of carbonyl (C=O) groups excluding carboxylic acids is 1. The first-order chi connectivity index (χ1) is 8.48. The Hall–Kier alpha value is -0.660. The van der Waals surface area contributed by atoms with Gasteiger partial charge in [-0.1, -0.05) is 18.7 Å². The first-order valence-corrected chi connectivity index (χ1v) is 7.72. The van der Waals surface area contributed by atoms with Gasteiger partial charge in [-0.15, -0.1) is 0 Å². The molecular weight excluding hydrogens is 268 g/mol. The van der Waals surface area contributed by atoms with Crippen LogP contribution in [0.5, 0.6) is 0 Å². The van der Waals surface area contributed by atoms with Crippen molar-refractivity contribution in [1.82, 2.24) is 14.7 Å². The molecule has 1 aromatic heterocycles. The van der Waals surface area contributed by atoms with Crippen LogP contribution in [0.2, 0.25) is 0 Å². The molecule has 0 saturated heterocycles. The predicted molar refractivity (Wildman–Crippen MR) is 75.9 cm³/mol. The third-order valence-electron chi connectivity index (χ3n) is 2.67. The van der Waals surface area contributed by atoms with Crippen molar-refractivity contribution in [3.8, 4) is 0 Å². The summed E-state index contributed by atoms with van der Waals surface area (Å²) in [4.78, 5) is 15.7. The normalized spacial score (nSPS) is 14.4. The lowest BCUT2D eigenvalue weighted by Gasteiger charge is -2.26. The van der Waals surface area contributed by atoms with Gasteiger partial charge >= 0.3 is 0 Å². The van der Waals surface area contributed by atoms with Crippen molar-refractivity contribution in [2.75, 3.05) is 12.3 Å². The van der Waals surface area contributed by atoms with Gasteiger partial charge in [-0.2, -0.15) is 4.37 Å². The molecule has 1 amide bonds. The third-order valence-corrected chi connectivity index (χ3v) is 4.68. The summed E-state index contributed by atoms with van der Waals surface area (Å²) in [6, 6.07) is 0. The number of nitrogens with two attached hydrogens (primary N) is 1. The quantitative estimate of drug-likeness (QED) is 0.560. The summed E-state index contributed by atoms with van der Waals surface area (Å²) in [5.41, 5.74) is 4.82. The summed E-state index contributed by atoms with van der Waals surface area (Å²) in [5, 5.41) is 3.15. The lowest BCUT2D eigenvalue weighted by atomic mass is 9.95. The molecule has 0 aliphatic carbocycles. The van der Waals surface area contributed by atoms with Crippen LogP contribution >= 0.6 is 23.3 Å². The Morgan fingerprint density at radius 1 is 1.61 bits per heavy atom. The number of aryl methyl sites for hydroxylation is 1. The van der Waals surface area contributed by atoms with Gasteiger partial charge in [0, 0.05) is 5.75 Å². The van der Waals surface area contributed by atoms with Crippen LogP contribution in [-0.2, 0) is 4.79 Å². The van der Waals surface area contributed by atoms with E-state index in [2.05, 4.69) is 14.7 Å². The smallest absolute Gasteiger partial charge is 0.237 e. The summed E-state index contributed by atoms with van der Waals surface area (Å²) in [7, 11) is 0. The van der Waals surface area contributed by atoms with Crippen LogP contribution in [0.3, 0.4) is 0 Å². The average Bonchev–Trinajstić information content (AvgIpc) is 2.71. The largest absolute Gasteiger partial charge is 0.368 e. The van der Waals surface area contributed by atoms with E-state index in [9.17, 15) is 4.79 Å². The van der Waals surface area contributed by atoms with Crippen LogP contribution in [0.4, 0.5) is 0 Å². The summed E-state index contributed by atoms with van der Waals surface area (Å²) < 4.78 is 5.11. The van der Waals surface area contributed by atoms with E-state index in [1.165, 1.54) is 11.5 Å². The molecule has 1 unspecified atom stereocenters. The maximum absolute atomic E-state index is 11.4. The Labute approximate surface area is 116 Å². The zero-order chi connectivity index (χ0) is 13.6. The maximum Gasteiger partial charge on any atom is 0.237 e. The van der Waals surface area contributed by atoms with E-state index in [-0.39, 0.29) is 5.91 Å². The topological polar surface area (TPSA) is 80.9 Å². The van der Waals surface area contributed by atoms with Gasteiger partial charge in [-0.25, -0.2) is 4.98 Å². The standard InChI is InChI=1S/C11H20N4OS2/c1-4-13-11(3,9(12)16)6-5-7-17-10-14-8(2)15-18-10/h13H,4-7H2,1-3H3,(H2,12,16). The van der Waals surface area contributed by atoms with Crippen LogP contribution in [-0.4, -0.2) is 33.1 Å². The molecule has 0 spiro atoms. The van der Waals surface area contributed by atoms with Crippen LogP contribution in [0.15, 0.2) is 4.34 Å². The molecule has 0 aliphatic heterocycles. The fourth-order valence-corrected chi connectivity index (χ4v) is 3.27. The molecule has 102 valence electrons. The Bertz CT molecular complexity index is 396. The van der Waals surface area contributed by atoms with Gasteiger partial charge in [0.2, 0.25) is 5.91 Å². The Kier molecular flexibility index (Phi) is 6.04.